The number of carbonyl (C=O) groups is 2. The number of rotatable bonds is 9. The number of halogens is 4. The molecule has 0 spiro atoms. The van der Waals surface area contributed by atoms with Gasteiger partial charge in [0.25, 0.3) is 5.91 Å². The molecule has 1 aliphatic rings. The number of thioether (sulfide) groups is 1. The van der Waals surface area contributed by atoms with Crippen molar-refractivity contribution in [1.29, 1.82) is 0 Å². The lowest BCUT2D eigenvalue weighted by Gasteiger charge is -2.27. The van der Waals surface area contributed by atoms with E-state index in [1.807, 2.05) is 18.4 Å². The first kappa shape index (κ1) is 28.8. The van der Waals surface area contributed by atoms with Crippen molar-refractivity contribution in [2.24, 2.45) is 10.5 Å². The van der Waals surface area contributed by atoms with E-state index in [9.17, 15) is 22.8 Å². The number of nitrogens with zero attached hydrogens (tertiary/aromatic N) is 3. The Morgan fingerprint density at radius 1 is 1.16 bits per heavy atom. The average Bonchev–Trinajstić information content (AvgIpc) is 3.15. The van der Waals surface area contributed by atoms with Crippen LogP contribution in [-0.4, -0.2) is 54.4 Å². The smallest absolute Gasteiger partial charge is 0.421 e. The summed E-state index contributed by atoms with van der Waals surface area (Å²) in [5, 5.41) is 6.94. The first-order valence-corrected chi connectivity index (χ1v) is 13.5. The van der Waals surface area contributed by atoms with Crippen LogP contribution < -0.4 is 4.90 Å². The molecule has 0 radical (unpaired) electrons. The van der Waals surface area contributed by atoms with Crippen LogP contribution in [0, 0.1) is 5.41 Å². The van der Waals surface area contributed by atoms with Crippen LogP contribution in [0.5, 0.6) is 0 Å². The van der Waals surface area contributed by atoms with Crippen molar-refractivity contribution < 1.29 is 27.5 Å². The average molecular weight is 556 g/mol. The molecule has 200 valence electrons. The third-order valence-corrected chi connectivity index (χ3v) is 6.96. The molecule has 0 bridgehead atoms. The van der Waals surface area contributed by atoms with Crippen molar-refractivity contribution in [2.75, 3.05) is 36.6 Å². The lowest BCUT2D eigenvalue weighted by molar-refractivity contribution is -0.137. The lowest BCUT2D eigenvalue weighted by Crippen LogP contribution is -2.43. The van der Waals surface area contributed by atoms with Crippen molar-refractivity contribution in [3.8, 4) is 0 Å². The maximum atomic E-state index is 13.3. The van der Waals surface area contributed by atoms with Crippen LogP contribution in [0.4, 0.5) is 23.7 Å². The van der Waals surface area contributed by atoms with Gasteiger partial charge in [-0.15, -0.1) is 0 Å². The molecule has 0 N–H and O–H groups in total. The molecule has 2 aromatic carbocycles. The van der Waals surface area contributed by atoms with Gasteiger partial charge in [0.15, 0.2) is 0 Å². The summed E-state index contributed by atoms with van der Waals surface area (Å²) >= 11 is 7.82. The third kappa shape index (κ3) is 7.19. The highest BCUT2D eigenvalue weighted by molar-refractivity contribution is 7.98. The van der Waals surface area contributed by atoms with Gasteiger partial charge in [0.2, 0.25) is 0 Å². The highest BCUT2D eigenvalue weighted by Crippen LogP contribution is 2.36. The Morgan fingerprint density at radius 3 is 2.38 bits per heavy atom. The van der Waals surface area contributed by atoms with Crippen LogP contribution in [0.25, 0.3) is 0 Å². The first-order chi connectivity index (χ1) is 17.5. The molecule has 0 aliphatic carbocycles. The molecule has 1 heterocycles. The molecular weight excluding hydrogens is 527 g/mol. The SMILES string of the molecule is CCOC(=O)N(C(=O)CN1CC(C)(CCCSC)C(c2ccc(Cl)cc2)=N1)c1ccc(C(F)(F)F)cc1. The topological polar surface area (TPSA) is 62.2 Å². The van der Waals surface area contributed by atoms with Gasteiger partial charge in [0.1, 0.15) is 6.54 Å². The number of hydrazone groups is 1. The zero-order valence-electron chi connectivity index (χ0n) is 20.8. The number of hydrogen-bond donors (Lipinski definition) is 0. The monoisotopic (exact) mass is 555 g/mol. The molecule has 0 saturated heterocycles. The van der Waals surface area contributed by atoms with E-state index in [1.54, 1.807) is 35.8 Å². The van der Waals surface area contributed by atoms with Crippen LogP contribution >= 0.6 is 23.4 Å². The lowest BCUT2D eigenvalue weighted by atomic mass is 9.78. The highest BCUT2D eigenvalue weighted by atomic mass is 35.5. The van der Waals surface area contributed by atoms with Gasteiger partial charge in [0, 0.05) is 17.0 Å². The Kier molecular flexibility index (Phi) is 9.52. The van der Waals surface area contributed by atoms with E-state index >= 15 is 0 Å². The standard InChI is InChI=1S/C26H29ClF3N3O3S/c1-4-36-24(35)33(21-12-8-19(9-13-21)26(28,29)30)22(34)16-32-17-25(2,14-5-15-37-3)23(31-32)18-6-10-20(27)11-7-18/h6-13H,4-5,14-17H2,1-3H3. The number of amides is 2. The fourth-order valence-electron chi connectivity index (χ4n) is 4.25. The summed E-state index contributed by atoms with van der Waals surface area (Å²) in [6, 6.07) is 11.1. The molecule has 2 amide bonds. The molecule has 0 fully saturated rings. The fourth-order valence-corrected chi connectivity index (χ4v) is 4.81. The first-order valence-electron chi connectivity index (χ1n) is 11.7. The molecule has 1 aliphatic heterocycles. The minimum absolute atomic E-state index is 0.000653. The van der Waals surface area contributed by atoms with E-state index in [2.05, 4.69) is 6.92 Å². The Labute approximate surface area is 223 Å². The molecule has 2 aromatic rings. The maximum absolute atomic E-state index is 13.3. The molecule has 6 nitrogen and oxygen atoms in total. The molecule has 1 unspecified atom stereocenters. The van der Waals surface area contributed by atoms with E-state index in [1.165, 1.54) is 0 Å². The van der Waals surface area contributed by atoms with Gasteiger partial charge >= 0.3 is 12.3 Å². The van der Waals surface area contributed by atoms with Crippen LogP contribution in [0.2, 0.25) is 5.02 Å². The second-order valence-electron chi connectivity index (χ2n) is 8.91. The van der Waals surface area contributed by atoms with E-state index in [0.717, 1.165) is 59.0 Å². The number of hydrogen-bond acceptors (Lipinski definition) is 6. The molecule has 3 rings (SSSR count). The van der Waals surface area contributed by atoms with E-state index in [4.69, 9.17) is 21.4 Å². The van der Waals surface area contributed by atoms with Crippen molar-refractivity contribution in [3.63, 3.8) is 0 Å². The summed E-state index contributed by atoms with van der Waals surface area (Å²) in [6.45, 7) is 3.85. The van der Waals surface area contributed by atoms with Crippen molar-refractivity contribution in [2.45, 2.75) is 32.9 Å². The Hall–Kier alpha value is -2.72. The Morgan fingerprint density at radius 2 is 1.81 bits per heavy atom. The molecule has 0 saturated carbocycles. The largest absolute Gasteiger partial charge is 0.449 e. The van der Waals surface area contributed by atoms with Crippen LogP contribution in [0.3, 0.4) is 0 Å². The van der Waals surface area contributed by atoms with Gasteiger partial charge in [-0.2, -0.15) is 30.0 Å². The Bertz CT molecular complexity index is 1130. The molecule has 11 heteroatoms. The minimum atomic E-state index is -4.54. The van der Waals surface area contributed by atoms with Crippen molar-refractivity contribution in [1.82, 2.24) is 5.01 Å². The number of imide groups is 1. The van der Waals surface area contributed by atoms with E-state index < -0.39 is 23.7 Å². The van der Waals surface area contributed by atoms with Gasteiger partial charge in [-0.3, -0.25) is 9.80 Å². The second kappa shape index (κ2) is 12.2. The van der Waals surface area contributed by atoms with Crippen LogP contribution in [0.1, 0.15) is 37.8 Å². The third-order valence-electron chi connectivity index (χ3n) is 6.01. The summed E-state index contributed by atoms with van der Waals surface area (Å²) in [5.41, 5.74) is 0.448. The summed E-state index contributed by atoms with van der Waals surface area (Å²) in [6.07, 6.45) is -1.68. The summed E-state index contributed by atoms with van der Waals surface area (Å²) in [7, 11) is 0. The van der Waals surface area contributed by atoms with Crippen LogP contribution in [0.15, 0.2) is 53.6 Å². The zero-order chi connectivity index (χ0) is 27.2. The van der Waals surface area contributed by atoms with E-state index in [-0.39, 0.29) is 24.3 Å². The second-order valence-corrected chi connectivity index (χ2v) is 10.3. The summed E-state index contributed by atoms with van der Waals surface area (Å²) in [4.78, 5) is 26.7. The Balaban J connectivity index is 1.88. The van der Waals surface area contributed by atoms with Gasteiger partial charge < -0.3 is 4.74 Å². The van der Waals surface area contributed by atoms with Crippen molar-refractivity contribution in [3.05, 3.63) is 64.7 Å². The van der Waals surface area contributed by atoms with Gasteiger partial charge in [0.05, 0.1) is 23.6 Å². The predicted octanol–water partition coefficient (Wildman–Crippen LogP) is 6.72. The van der Waals surface area contributed by atoms with Gasteiger partial charge in [-0.1, -0.05) is 30.7 Å². The van der Waals surface area contributed by atoms with Gasteiger partial charge in [-0.05, 0) is 73.7 Å². The number of ether oxygens (including phenoxy) is 1. The number of alkyl halides is 3. The fraction of sp³-hybridized carbons (Fsp3) is 0.423. The maximum Gasteiger partial charge on any atom is 0.421 e. The van der Waals surface area contributed by atoms with E-state index in [0.29, 0.717) is 11.6 Å². The molecular formula is C26H29ClF3N3O3S. The minimum Gasteiger partial charge on any atom is -0.449 e. The predicted molar refractivity (Wildman–Crippen MR) is 141 cm³/mol. The number of benzene rings is 2. The highest BCUT2D eigenvalue weighted by Gasteiger charge is 2.40. The normalized spacial score (nSPS) is 17.5. The van der Waals surface area contributed by atoms with Crippen LogP contribution in [-0.2, 0) is 15.7 Å². The molecule has 0 aromatic heterocycles. The quantitative estimate of drug-likeness (QED) is 0.321. The number of carbonyl (C=O) groups excluding carboxylic acids is 2. The van der Waals surface area contributed by atoms with Gasteiger partial charge in [-0.25, -0.2) is 9.69 Å². The molecule has 37 heavy (non-hydrogen) atoms. The molecule has 1 atom stereocenters. The summed E-state index contributed by atoms with van der Waals surface area (Å²) in [5.74, 6) is 0.318. The summed E-state index contributed by atoms with van der Waals surface area (Å²) < 4.78 is 44.1. The van der Waals surface area contributed by atoms with Crippen molar-refractivity contribution >= 4 is 46.8 Å². The number of anilines is 1. The zero-order valence-corrected chi connectivity index (χ0v) is 22.4.